The molecule has 0 bridgehead atoms. The first-order valence-corrected chi connectivity index (χ1v) is 8.73. The topological polar surface area (TPSA) is 77.8 Å². The third kappa shape index (κ3) is 3.22. The van der Waals surface area contributed by atoms with Crippen LogP contribution in [0.1, 0.15) is 5.89 Å². The molecule has 0 spiro atoms. The van der Waals surface area contributed by atoms with Gasteiger partial charge in [-0.25, -0.2) is 4.39 Å². The molecule has 3 aromatic heterocycles. The van der Waals surface area contributed by atoms with Crippen molar-refractivity contribution in [3.05, 3.63) is 53.5 Å². The standard InChI is InChI=1S/C15H9FN4O2S2/c16-10-4-1-3-9(7-10)13-17-12(22-20-13)8-24-15-19-18-14(21-15)11-5-2-6-23-11/h1-7H,8H2. The van der Waals surface area contributed by atoms with E-state index in [4.69, 9.17) is 8.94 Å². The lowest BCUT2D eigenvalue weighted by Gasteiger charge is -1.93. The van der Waals surface area contributed by atoms with Gasteiger partial charge in [-0.05, 0) is 23.6 Å². The second-order valence-electron chi connectivity index (χ2n) is 4.66. The lowest BCUT2D eigenvalue weighted by atomic mass is 10.2. The summed E-state index contributed by atoms with van der Waals surface area (Å²) in [6, 6.07) is 9.86. The molecule has 0 amide bonds. The minimum atomic E-state index is -0.347. The summed E-state index contributed by atoms with van der Waals surface area (Å²) in [4.78, 5) is 5.16. The zero-order valence-corrected chi connectivity index (χ0v) is 13.7. The van der Waals surface area contributed by atoms with Crippen LogP contribution >= 0.6 is 23.1 Å². The van der Waals surface area contributed by atoms with Crippen molar-refractivity contribution in [2.24, 2.45) is 0 Å². The van der Waals surface area contributed by atoms with Crippen molar-refractivity contribution in [1.29, 1.82) is 0 Å². The molecule has 0 saturated heterocycles. The van der Waals surface area contributed by atoms with Gasteiger partial charge >= 0.3 is 0 Å². The van der Waals surface area contributed by atoms with Gasteiger partial charge in [0, 0.05) is 5.56 Å². The van der Waals surface area contributed by atoms with Crippen molar-refractivity contribution in [1.82, 2.24) is 20.3 Å². The van der Waals surface area contributed by atoms with E-state index < -0.39 is 0 Å². The second kappa shape index (κ2) is 6.54. The molecular weight excluding hydrogens is 351 g/mol. The van der Waals surface area contributed by atoms with Gasteiger partial charge in [-0.15, -0.1) is 21.5 Å². The highest BCUT2D eigenvalue weighted by Crippen LogP contribution is 2.28. The highest BCUT2D eigenvalue weighted by atomic mass is 32.2. The Morgan fingerprint density at radius 3 is 2.96 bits per heavy atom. The minimum absolute atomic E-state index is 0.343. The summed E-state index contributed by atoms with van der Waals surface area (Å²) >= 11 is 2.83. The molecular formula is C15H9FN4O2S2. The molecule has 0 aliphatic heterocycles. The van der Waals surface area contributed by atoms with Gasteiger partial charge in [0.2, 0.25) is 11.7 Å². The van der Waals surface area contributed by atoms with E-state index in [1.165, 1.54) is 35.2 Å². The van der Waals surface area contributed by atoms with E-state index in [0.717, 1.165) is 4.88 Å². The Kier molecular flexibility index (Phi) is 4.09. The van der Waals surface area contributed by atoms with Gasteiger partial charge in [-0.2, -0.15) is 4.98 Å². The molecule has 0 radical (unpaired) electrons. The van der Waals surface area contributed by atoms with Gasteiger partial charge in [0.1, 0.15) is 5.82 Å². The average Bonchev–Trinajstić information content (AvgIpc) is 3.33. The number of hydrogen-bond acceptors (Lipinski definition) is 8. The van der Waals surface area contributed by atoms with Crippen LogP contribution in [-0.2, 0) is 5.75 Å². The number of rotatable bonds is 5. The lowest BCUT2D eigenvalue weighted by molar-refractivity contribution is 0.391. The van der Waals surface area contributed by atoms with Gasteiger partial charge in [0.25, 0.3) is 11.1 Å². The summed E-state index contributed by atoms with van der Waals surface area (Å²) < 4.78 is 24.0. The fourth-order valence-corrected chi connectivity index (χ4v) is 3.19. The highest BCUT2D eigenvalue weighted by molar-refractivity contribution is 7.98. The summed E-state index contributed by atoms with van der Waals surface area (Å²) in [5.41, 5.74) is 0.563. The SMILES string of the molecule is Fc1cccc(-c2noc(CSc3nnc(-c4cccs4)o3)n2)c1. The van der Waals surface area contributed by atoms with Crippen LogP contribution in [0.15, 0.2) is 55.9 Å². The number of thioether (sulfide) groups is 1. The molecule has 120 valence electrons. The predicted octanol–water partition coefficient (Wildman–Crippen LogP) is 4.28. The molecule has 0 unspecified atom stereocenters. The Labute approximate surface area is 143 Å². The Morgan fingerprint density at radius 2 is 2.12 bits per heavy atom. The van der Waals surface area contributed by atoms with Crippen molar-refractivity contribution < 1.29 is 13.3 Å². The molecule has 9 heteroatoms. The first kappa shape index (κ1) is 15.0. The Morgan fingerprint density at radius 1 is 1.17 bits per heavy atom. The van der Waals surface area contributed by atoms with E-state index in [1.54, 1.807) is 12.1 Å². The van der Waals surface area contributed by atoms with Gasteiger partial charge in [-0.3, -0.25) is 0 Å². The number of benzene rings is 1. The summed E-state index contributed by atoms with van der Waals surface area (Å²) in [6.45, 7) is 0. The van der Waals surface area contributed by atoms with Crippen LogP contribution in [0.4, 0.5) is 4.39 Å². The van der Waals surface area contributed by atoms with Crippen molar-refractivity contribution in [2.75, 3.05) is 0 Å². The minimum Gasteiger partial charge on any atom is -0.410 e. The maximum atomic E-state index is 13.2. The summed E-state index contributed by atoms with van der Waals surface area (Å²) in [7, 11) is 0. The molecule has 3 heterocycles. The van der Waals surface area contributed by atoms with E-state index in [-0.39, 0.29) is 5.82 Å². The zero-order valence-electron chi connectivity index (χ0n) is 12.0. The van der Waals surface area contributed by atoms with E-state index in [0.29, 0.717) is 34.1 Å². The number of thiophene rings is 1. The molecule has 0 atom stereocenters. The summed E-state index contributed by atoms with van der Waals surface area (Å²) in [6.07, 6.45) is 0. The van der Waals surface area contributed by atoms with Gasteiger partial charge in [0.05, 0.1) is 10.6 Å². The van der Waals surface area contributed by atoms with Gasteiger partial charge in [0.15, 0.2) is 0 Å². The van der Waals surface area contributed by atoms with Crippen LogP contribution in [0, 0.1) is 5.82 Å². The molecule has 24 heavy (non-hydrogen) atoms. The molecule has 1 aromatic carbocycles. The van der Waals surface area contributed by atoms with Crippen LogP contribution in [0.3, 0.4) is 0 Å². The van der Waals surface area contributed by atoms with Crippen LogP contribution < -0.4 is 0 Å². The van der Waals surface area contributed by atoms with Crippen molar-refractivity contribution >= 4 is 23.1 Å². The van der Waals surface area contributed by atoms with Crippen LogP contribution in [0.2, 0.25) is 0 Å². The van der Waals surface area contributed by atoms with Crippen molar-refractivity contribution in [2.45, 2.75) is 11.0 Å². The van der Waals surface area contributed by atoms with Crippen LogP contribution in [-0.4, -0.2) is 20.3 Å². The molecule has 0 aliphatic rings. The zero-order chi connectivity index (χ0) is 16.4. The first-order valence-electron chi connectivity index (χ1n) is 6.86. The highest BCUT2D eigenvalue weighted by Gasteiger charge is 2.13. The maximum Gasteiger partial charge on any atom is 0.277 e. The Hall–Kier alpha value is -2.52. The Balaban J connectivity index is 1.43. The lowest BCUT2D eigenvalue weighted by Crippen LogP contribution is -1.84. The predicted molar refractivity (Wildman–Crippen MR) is 86.9 cm³/mol. The third-order valence-electron chi connectivity index (χ3n) is 3.01. The number of halogens is 1. The smallest absolute Gasteiger partial charge is 0.277 e. The van der Waals surface area contributed by atoms with E-state index in [2.05, 4.69) is 20.3 Å². The molecule has 0 aliphatic carbocycles. The first-order chi connectivity index (χ1) is 11.8. The number of nitrogens with zero attached hydrogens (tertiary/aromatic N) is 4. The monoisotopic (exact) mass is 360 g/mol. The second-order valence-corrected chi connectivity index (χ2v) is 6.54. The fourth-order valence-electron chi connectivity index (χ4n) is 1.95. The number of hydrogen-bond donors (Lipinski definition) is 0. The van der Waals surface area contributed by atoms with Crippen LogP contribution in [0.5, 0.6) is 0 Å². The molecule has 4 rings (SSSR count). The summed E-state index contributed by atoms with van der Waals surface area (Å²) in [5, 5.41) is 14.2. The molecule has 6 nitrogen and oxygen atoms in total. The average molecular weight is 360 g/mol. The summed E-state index contributed by atoms with van der Waals surface area (Å²) in [5.74, 6) is 1.26. The van der Waals surface area contributed by atoms with Crippen molar-refractivity contribution in [3.63, 3.8) is 0 Å². The van der Waals surface area contributed by atoms with Gasteiger partial charge < -0.3 is 8.94 Å². The van der Waals surface area contributed by atoms with Gasteiger partial charge in [-0.1, -0.05) is 35.1 Å². The quantitative estimate of drug-likeness (QED) is 0.492. The number of aromatic nitrogens is 4. The maximum absolute atomic E-state index is 13.2. The normalized spacial score (nSPS) is 11.0. The van der Waals surface area contributed by atoms with E-state index in [9.17, 15) is 4.39 Å². The van der Waals surface area contributed by atoms with Crippen LogP contribution in [0.25, 0.3) is 22.2 Å². The Bertz CT molecular complexity index is 952. The molecule has 0 saturated carbocycles. The molecule has 0 N–H and O–H groups in total. The fraction of sp³-hybridized carbons (Fsp3) is 0.0667. The van der Waals surface area contributed by atoms with E-state index in [1.807, 2.05) is 17.5 Å². The van der Waals surface area contributed by atoms with Crippen molar-refractivity contribution in [3.8, 4) is 22.2 Å². The molecule has 0 fully saturated rings. The van der Waals surface area contributed by atoms with E-state index >= 15 is 0 Å². The molecule has 4 aromatic rings. The largest absolute Gasteiger partial charge is 0.410 e. The third-order valence-corrected chi connectivity index (χ3v) is 4.67.